The van der Waals surface area contributed by atoms with Crippen LogP contribution < -0.4 is 10.6 Å². The summed E-state index contributed by atoms with van der Waals surface area (Å²) in [5.74, 6) is 0.772. The van der Waals surface area contributed by atoms with E-state index in [-0.39, 0.29) is 12.5 Å². The van der Waals surface area contributed by atoms with Gasteiger partial charge in [-0.15, -0.1) is 11.3 Å². The monoisotopic (exact) mass is 309 g/mol. The van der Waals surface area contributed by atoms with Crippen molar-refractivity contribution in [1.82, 2.24) is 20.5 Å². The van der Waals surface area contributed by atoms with E-state index < -0.39 is 0 Å². The lowest BCUT2D eigenvalue weighted by atomic mass is 10.4. The molecule has 2 heterocycles. The number of hydrogen-bond acceptors (Lipinski definition) is 4. The van der Waals surface area contributed by atoms with Crippen LogP contribution in [0.2, 0.25) is 0 Å². The molecule has 7 heteroatoms. The van der Waals surface area contributed by atoms with Crippen molar-refractivity contribution >= 4 is 23.2 Å². The van der Waals surface area contributed by atoms with Crippen molar-refractivity contribution in [3.05, 3.63) is 16.1 Å². The molecule has 21 heavy (non-hydrogen) atoms. The van der Waals surface area contributed by atoms with Crippen molar-refractivity contribution in [2.24, 2.45) is 4.99 Å². The fourth-order valence-corrected chi connectivity index (χ4v) is 3.01. The van der Waals surface area contributed by atoms with Crippen LogP contribution in [0.1, 0.15) is 29.7 Å². The van der Waals surface area contributed by atoms with Gasteiger partial charge in [0.1, 0.15) is 5.01 Å². The second kappa shape index (κ2) is 7.97. The number of thiazole rings is 1. The molecule has 1 aromatic rings. The molecule has 0 aliphatic carbocycles. The molecule has 0 bridgehead atoms. The maximum Gasteiger partial charge on any atom is 0.241 e. The Kier molecular flexibility index (Phi) is 5.98. The first-order valence-corrected chi connectivity index (χ1v) is 8.20. The molecular weight excluding hydrogens is 286 g/mol. The van der Waals surface area contributed by atoms with Gasteiger partial charge in [-0.05, 0) is 19.3 Å². The van der Waals surface area contributed by atoms with Gasteiger partial charge in [0.2, 0.25) is 5.91 Å². The first-order valence-electron chi connectivity index (χ1n) is 7.38. The standard InChI is InChI=1S/C14H23N5OS/c1-3-11-8-16-12(21-11)9-17-14(15-2)18-10-13(20)19-6-4-5-7-19/h8H,3-7,9-10H2,1-2H3,(H2,15,17,18). The van der Waals surface area contributed by atoms with Gasteiger partial charge in [0, 0.05) is 31.2 Å². The number of guanidine groups is 1. The quantitative estimate of drug-likeness (QED) is 0.629. The number of carbonyl (C=O) groups excluding carboxylic acids is 1. The molecule has 2 N–H and O–H groups in total. The fourth-order valence-electron chi connectivity index (χ4n) is 2.21. The second-order valence-corrected chi connectivity index (χ2v) is 6.14. The molecule has 2 rings (SSSR count). The molecule has 0 radical (unpaired) electrons. The van der Waals surface area contributed by atoms with Crippen molar-refractivity contribution < 1.29 is 4.79 Å². The number of nitrogens with zero attached hydrogens (tertiary/aromatic N) is 3. The second-order valence-electron chi connectivity index (χ2n) is 4.94. The SMILES string of the molecule is CCc1cnc(CNC(=NC)NCC(=O)N2CCCC2)s1. The molecule has 0 spiro atoms. The first kappa shape index (κ1) is 15.8. The van der Waals surface area contributed by atoms with E-state index in [4.69, 9.17) is 0 Å². The lowest BCUT2D eigenvalue weighted by Gasteiger charge is -2.17. The van der Waals surface area contributed by atoms with Crippen molar-refractivity contribution in [3.63, 3.8) is 0 Å². The summed E-state index contributed by atoms with van der Waals surface area (Å²) in [6.45, 7) is 4.80. The zero-order valence-corrected chi connectivity index (χ0v) is 13.5. The zero-order chi connectivity index (χ0) is 15.1. The van der Waals surface area contributed by atoms with Gasteiger partial charge in [0.25, 0.3) is 0 Å². The average Bonchev–Trinajstić information content (AvgIpc) is 3.18. The summed E-state index contributed by atoms with van der Waals surface area (Å²) in [5, 5.41) is 7.28. The molecule has 1 aliphatic heterocycles. The lowest BCUT2D eigenvalue weighted by Crippen LogP contribution is -2.43. The molecule has 1 fully saturated rings. The van der Waals surface area contributed by atoms with E-state index in [1.807, 2.05) is 11.1 Å². The van der Waals surface area contributed by atoms with Crippen LogP contribution in [0.3, 0.4) is 0 Å². The van der Waals surface area contributed by atoms with Crippen LogP contribution in [0.4, 0.5) is 0 Å². The van der Waals surface area contributed by atoms with E-state index in [9.17, 15) is 4.79 Å². The van der Waals surface area contributed by atoms with Gasteiger partial charge in [-0.25, -0.2) is 4.98 Å². The maximum atomic E-state index is 12.0. The third kappa shape index (κ3) is 4.70. The topological polar surface area (TPSA) is 69.6 Å². The molecule has 0 aromatic carbocycles. The molecular formula is C14H23N5OS. The van der Waals surface area contributed by atoms with Gasteiger partial charge >= 0.3 is 0 Å². The average molecular weight is 309 g/mol. The van der Waals surface area contributed by atoms with Gasteiger partial charge in [-0.2, -0.15) is 0 Å². The van der Waals surface area contributed by atoms with Crippen LogP contribution >= 0.6 is 11.3 Å². The molecule has 6 nitrogen and oxygen atoms in total. The van der Waals surface area contributed by atoms with E-state index in [1.165, 1.54) is 4.88 Å². The number of aromatic nitrogens is 1. The Bertz CT molecular complexity index is 493. The van der Waals surface area contributed by atoms with Gasteiger partial charge in [0.15, 0.2) is 5.96 Å². The number of likely N-dealkylation sites (tertiary alicyclic amines) is 1. The largest absolute Gasteiger partial charge is 0.350 e. The minimum absolute atomic E-state index is 0.137. The fraction of sp³-hybridized carbons (Fsp3) is 0.643. The summed E-state index contributed by atoms with van der Waals surface area (Å²) in [5.41, 5.74) is 0. The van der Waals surface area contributed by atoms with E-state index in [0.717, 1.165) is 37.4 Å². The van der Waals surface area contributed by atoms with Gasteiger partial charge in [0.05, 0.1) is 13.1 Å². The van der Waals surface area contributed by atoms with E-state index in [1.54, 1.807) is 18.4 Å². The van der Waals surface area contributed by atoms with Gasteiger partial charge in [-0.1, -0.05) is 6.92 Å². The van der Waals surface area contributed by atoms with Gasteiger partial charge < -0.3 is 15.5 Å². The smallest absolute Gasteiger partial charge is 0.241 e. The Balaban J connectivity index is 1.74. The Morgan fingerprint density at radius 1 is 1.43 bits per heavy atom. The highest BCUT2D eigenvalue weighted by molar-refractivity contribution is 7.11. The summed E-state index contributed by atoms with van der Waals surface area (Å²) >= 11 is 1.70. The molecule has 1 amide bonds. The summed E-state index contributed by atoms with van der Waals surface area (Å²) in [6.07, 6.45) is 5.15. The zero-order valence-electron chi connectivity index (χ0n) is 12.7. The highest BCUT2D eigenvalue weighted by Crippen LogP contribution is 2.12. The van der Waals surface area contributed by atoms with Crippen LogP contribution in [0, 0.1) is 0 Å². The summed E-state index contributed by atoms with van der Waals surface area (Å²) < 4.78 is 0. The molecule has 1 saturated heterocycles. The minimum atomic E-state index is 0.137. The van der Waals surface area contributed by atoms with Crippen molar-refractivity contribution in [3.8, 4) is 0 Å². The van der Waals surface area contributed by atoms with E-state index >= 15 is 0 Å². The summed E-state index contributed by atoms with van der Waals surface area (Å²) in [4.78, 5) is 23.6. The highest BCUT2D eigenvalue weighted by atomic mass is 32.1. The van der Waals surface area contributed by atoms with E-state index in [0.29, 0.717) is 12.5 Å². The predicted octanol–water partition coefficient (Wildman–Crippen LogP) is 0.993. The number of rotatable bonds is 5. The number of carbonyl (C=O) groups is 1. The van der Waals surface area contributed by atoms with Crippen LogP contribution in [-0.2, 0) is 17.8 Å². The van der Waals surface area contributed by atoms with Crippen LogP contribution in [0.15, 0.2) is 11.2 Å². The number of aryl methyl sites for hydroxylation is 1. The lowest BCUT2D eigenvalue weighted by molar-refractivity contribution is -0.128. The number of nitrogens with one attached hydrogen (secondary N) is 2. The molecule has 0 unspecified atom stereocenters. The Labute approximate surface area is 129 Å². The highest BCUT2D eigenvalue weighted by Gasteiger charge is 2.17. The summed E-state index contributed by atoms with van der Waals surface area (Å²) in [7, 11) is 1.70. The Morgan fingerprint density at radius 2 is 2.19 bits per heavy atom. The molecule has 0 atom stereocenters. The number of hydrogen-bond donors (Lipinski definition) is 2. The van der Waals surface area contributed by atoms with Crippen LogP contribution in [0.25, 0.3) is 0 Å². The van der Waals surface area contributed by atoms with Crippen LogP contribution in [0.5, 0.6) is 0 Å². The normalized spacial score (nSPS) is 15.3. The molecule has 1 aliphatic rings. The summed E-state index contributed by atoms with van der Waals surface area (Å²) in [6, 6.07) is 0. The minimum Gasteiger partial charge on any atom is -0.350 e. The van der Waals surface area contributed by atoms with Crippen molar-refractivity contribution in [2.75, 3.05) is 26.7 Å². The first-order chi connectivity index (χ1) is 10.2. The maximum absolute atomic E-state index is 12.0. The molecule has 116 valence electrons. The number of amides is 1. The Morgan fingerprint density at radius 3 is 2.81 bits per heavy atom. The third-order valence-electron chi connectivity index (χ3n) is 3.45. The van der Waals surface area contributed by atoms with E-state index in [2.05, 4.69) is 27.5 Å². The third-order valence-corrected chi connectivity index (χ3v) is 4.59. The van der Waals surface area contributed by atoms with Gasteiger partial charge in [-0.3, -0.25) is 9.79 Å². The predicted molar refractivity (Wildman–Crippen MR) is 85.5 cm³/mol. The van der Waals surface area contributed by atoms with Crippen molar-refractivity contribution in [2.45, 2.75) is 32.7 Å². The molecule has 0 saturated carbocycles. The molecule has 1 aromatic heterocycles. The van der Waals surface area contributed by atoms with Crippen molar-refractivity contribution in [1.29, 1.82) is 0 Å². The Hall–Kier alpha value is -1.63. The van der Waals surface area contributed by atoms with Crippen LogP contribution in [-0.4, -0.2) is 48.4 Å². The number of aliphatic imine (C=N–C) groups is 1.